The molecule has 1 aromatic heterocycles. The molecule has 1 saturated heterocycles. The van der Waals surface area contributed by atoms with E-state index in [1.165, 1.54) is 16.2 Å². The smallest absolute Gasteiger partial charge is 0.251 e. The molecule has 3 rings (SSSR count). The lowest BCUT2D eigenvalue weighted by Gasteiger charge is -2.33. The van der Waals surface area contributed by atoms with Gasteiger partial charge < -0.3 is 15.8 Å². The van der Waals surface area contributed by atoms with Crippen LogP contribution in [0.3, 0.4) is 0 Å². The first kappa shape index (κ1) is 15.5. The monoisotopic (exact) mass is 323 g/mol. The highest BCUT2D eigenvalue weighted by molar-refractivity contribution is 7.17. The highest BCUT2D eigenvalue weighted by Gasteiger charge is 2.27. The van der Waals surface area contributed by atoms with E-state index >= 15 is 0 Å². The number of likely N-dealkylation sites (N-methyl/N-ethyl adjacent to an activating group) is 1. The van der Waals surface area contributed by atoms with Gasteiger partial charge in [0.25, 0.3) is 5.91 Å². The lowest BCUT2D eigenvalue weighted by atomic mass is 9.95. The number of ether oxygens (including phenoxy) is 1. The summed E-state index contributed by atoms with van der Waals surface area (Å²) in [7, 11) is 1.90. The molecule has 2 heterocycles. The SMILES string of the molecule is CN(CC(=O)Nc1sc2c(c1C(N)=O)CCCC2)C1COC1. The van der Waals surface area contributed by atoms with Crippen LogP contribution in [0.5, 0.6) is 0 Å². The van der Waals surface area contributed by atoms with Crippen molar-refractivity contribution in [2.24, 2.45) is 5.73 Å². The van der Waals surface area contributed by atoms with Gasteiger partial charge in [-0.15, -0.1) is 11.3 Å². The number of hydrogen-bond donors (Lipinski definition) is 2. The number of thiophene rings is 1. The molecule has 2 aliphatic rings. The van der Waals surface area contributed by atoms with Crippen LogP contribution in [-0.4, -0.2) is 49.6 Å². The van der Waals surface area contributed by atoms with Gasteiger partial charge in [0.15, 0.2) is 0 Å². The summed E-state index contributed by atoms with van der Waals surface area (Å²) in [6.45, 7) is 1.63. The van der Waals surface area contributed by atoms with Crippen LogP contribution in [0.25, 0.3) is 0 Å². The van der Waals surface area contributed by atoms with Crippen LogP contribution in [0.15, 0.2) is 0 Å². The average Bonchev–Trinajstić information content (AvgIpc) is 2.73. The fourth-order valence-electron chi connectivity index (χ4n) is 2.91. The normalized spacial score (nSPS) is 17.9. The highest BCUT2D eigenvalue weighted by atomic mass is 32.1. The Labute approximate surface area is 133 Å². The number of aryl methyl sites for hydroxylation is 1. The van der Waals surface area contributed by atoms with Gasteiger partial charge in [-0.05, 0) is 38.3 Å². The molecule has 7 heteroatoms. The lowest BCUT2D eigenvalue weighted by Crippen LogP contribution is -2.49. The Morgan fingerprint density at radius 2 is 2.09 bits per heavy atom. The highest BCUT2D eigenvalue weighted by Crippen LogP contribution is 2.37. The molecular formula is C15H21N3O3S. The summed E-state index contributed by atoms with van der Waals surface area (Å²) < 4.78 is 5.13. The second-order valence-corrected chi connectivity index (χ2v) is 7.04. The van der Waals surface area contributed by atoms with Crippen LogP contribution in [0.2, 0.25) is 0 Å². The van der Waals surface area contributed by atoms with Gasteiger partial charge in [0.2, 0.25) is 5.91 Å². The Hall–Kier alpha value is -1.44. The predicted octanol–water partition coefficient (Wildman–Crippen LogP) is 0.995. The number of nitrogens with two attached hydrogens (primary N) is 1. The molecule has 1 aliphatic carbocycles. The number of nitrogens with zero attached hydrogens (tertiary/aromatic N) is 1. The van der Waals surface area contributed by atoms with Gasteiger partial charge in [-0.2, -0.15) is 0 Å². The molecule has 1 fully saturated rings. The van der Waals surface area contributed by atoms with Gasteiger partial charge in [0.05, 0.1) is 31.4 Å². The van der Waals surface area contributed by atoms with Crippen molar-refractivity contribution < 1.29 is 14.3 Å². The van der Waals surface area contributed by atoms with Crippen LogP contribution in [0, 0.1) is 0 Å². The molecule has 0 atom stereocenters. The summed E-state index contributed by atoms with van der Waals surface area (Å²) in [6, 6.07) is 0.304. The Morgan fingerprint density at radius 1 is 1.36 bits per heavy atom. The van der Waals surface area contributed by atoms with Gasteiger partial charge in [-0.25, -0.2) is 0 Å². The number of fused-ring (bicyclic) bond motifs is 1. The summed E-state index contributed by atoms with van der Waals surface area (Å²) >= 11 is 1.50. The summed E-state index contributed by atoms with van der Waals surface area (Å²) in [4.78, 5) is 27.1. The summed E-state index contributed by atoms with van der Waals surface area (Å²) in [6.07, 6.45) is 4.04. The van der Waals surface area contributed by atoms with Gasteiger partial charge >= 0.3 is 0 Å². The first-order valence-corrected chi connectivity index (χ1v) is 8.40. The maximum atomic E-state index is 12.2. The van der Waals surface area contributed by atoms with Gasteiger partial charge in [-0.1, -0.05) is 0 Å². The van der Waals surface area contributed by atoms with E-state index in [0.717, 1.165) is 31.2 Å². The van der Waals surface area contributed by atoms with Gasteiger partial charge in [0, 0.05) is 4.88 Å². The van der Waals surface area contributed by atoms with Crippen molar-refractivity contribution in [3.05, 3.63) is 16.0 Å². The van der Waals surface area contributed by atoms with E-state index in [-0.39, 0.29) is 12.5 Å². The Balaban J connectivity index is 1.72. The maximum absolute atomic E-state index is 12.2. The molecule has 0 aromatic carbocycles. The van der Waals surface area contributed by atoms with Crippen molar-refractivity contribution in [2.45, 2.75) is 31.7 Å². The number of anilines is 1. The van der Waals surface area contributed by atoms with E-state index in [9.17, 15) is 9.59 Å². The van der Waals surface area contributed by atoms with Crippen LogP contribution < -0.4 is 11.1 Å². The lowest BCUT2D eigenvalue weighted by molar-refractivity contribution is -0.120. The fourth-order valence-corrected chi connectivity index (χ4v) is 4.22. The zero-order valence-corrected chi connectivity index (χ0v) is 13.5. The second kappa shape index (κ2) is 6.36. The number of primary amides is 1. The molecule has 1 aliphatic heterocycles. The minimum atomic E-state index is -0.449. The summed E-state index contributed by atoms with van der Waals surface area (Å²) in [5.41, 5.74) is 7.09. The maximum Gasteiger partial charge on any atom is 0.251 e. The van der Waals surface area contributed by atoms with Gasteiger partial charge in [0.1, 0.15) is 5.00 Å². The third-order valence-electron chi connectivity index (χ3n) is 4.31. The molecule has 120 valence electrons. The van der Waals surface area contributed by atoms with E-state index in [1.54, 1.807) is 0 Å². The molecule has 0 spiro atoms. The number of hydrogen-bond acceptors (Lipinski definition) is 5. The molecule has 0 unspecified atom stereocenters. The van der Waals surface area contributed by atoms with E-state index in [2.05, 4.69) is 5.32 Å². The molecular weight excluding hydrogens is 302 g/mol. The van der Waals surface area contributed by atoms with Crippen LogP contribution in [0.4, 0.5) is 5.00 Å². The topological polar surface area (TPSA) is 84.7 Å². The second-order valence-electron chi connectivity index (χ2n) is 5.93. The first-order valence-electron chi connectivity index (χ1n) is 7.58. The zero-order chi connectivity index (χ0) is 15.7. The Bertz CT molecular complexity index is 595. The van der Waals surface area contributed by atoms with E-state index in [4.69, 9.17) is 10.5 Å². The number of carbonyl (C=O) groups is 2. The number of nitrogens with one attached hydrogen (secondary N) is 1. The quantitative estimate of drug-likeness (QED) is 0.846. The van der Waals surface area contributed by atoms with E-state index in [0.29, 0.717) is 29.8 Å². The Kier molecular flexibility index (Phi) is 4.46. The molecule has 22 heavy (non-hydrogen) atoms. The molecule has 2 amide bonds. The number of rotatable bonds is 5. The molecule has 0 radical (unpaired) electrons. The molecule has 0 bridgehead atoms. The van der Waals surface area contributed by atoms with Crippen LogP contribution in [0.1, 0.15) is 33.6 Å². The van der Waals surface area contributed by atoms with Gasteiger partial charge in [-0.3, -0.25) is 14.5 Å². The minimum Gasteiger partial charge on any atom is -0.378 e. The summed E-state index contributed by atoms with van der Waals surface area (Å²) in [5.74, 6) is -0.564. The minimum absolute atomic E-state index is 0.115. The standard InChI is InChI=1S/C15H21N3O3S/c1-18(9-7-21-8-9)6-12(19)17-15-13(14(16)20)10-4-2-3-5-11(10)22-15/h9H,2-8H2,1H3,(H2,16,20)(H,17,19). The third-order valence-corrected chi connectivity index (χ3v) is 5.51. The van der Waals surface area contributed by atoms with E-state index in [1.807, 2.05) is 11.9 Å². The fraction of sp³-hybridized carbons (Fsp3) is 0.600. The predicted molar refractivity (Wildman–Crippen MR) is 85.3 cm³/mol. The van der Waals surface area contributed by atoms with Crippen molar-refractivity contribution >= 4 is 28.2 Å². The summed E-state index contributed by atoms with van der Waals surface area (Å²) in [5, 5.41) is 3.49. The van der Waals surface area contributed by atoms with Crippen molar-refractivity contribution in [3.8, 4) is 0 Å². The van der Waals surface area contributed by atoms with Crippen LogP contribution >= 0.6 is 11.3 Å². The van der Waals surface area contributed by atoms with Crippen molar-refractivity contribution in [1.82, 2.24) is 4.90 Å². The molecule has 1 aromatic rings. The van der Waals surface area contributed by atoms with Crippen molar-refractivity contribution in [2.75, 3.05) is 32.1 Å². The number of carbonyl (C=O) groups excluding carboxylic acids is 2. The molecule has 6 nitrogen and oxygen atoms in total. The van der Waals surface area contributed by atoms with E-state index < -0.39 is 5.91 Å². The average molecular weight is 323 g/mol. The third kappa shape index (κ3) is 3.02. The molecule has 3 N–H and O–H groups in total. The zero-order valence-electron chi connectivity index (χ0n) is 12.7. The largest absolute Gasteiger partial charge is 0.378 e. The molecule has 0 saturated carbocycles. The number of amides is 2. The van der Waals surface area contributed by atoms with Crippen molar-refractivity contribution in [3.63, 3.8) is 0 Å². The van der Waals surface area contributed by atoms with Crippen LogP contribution in [-0.2, 0) is 22.4 Å². The Morgan fingerprint density at radius 3 is 2.73 bits per heavy atom. The first-order chi connectivity index (χ1) is 10.6. The van der Waals surface area contributed by atoms with Crippen molar-refractivity contribution in [1.29, 1.82) is 0 Å².